The summed E-state index contributed by atoms with van der Waals surface area (Å²) in [6.45, 7) is 0. The third-order valence-electron chi connectivity index (χ3n) is 4.21. The molecule has 1 aromatic carbocycles. The van der Waals surface area contributed by atoms with E-state index in [-0.39, 0.29) is 5.91 Å². The molecule has 3 aromatic rings. The van der Waals surface area contributed by atoms with Crippen molar-refractivity contribution in [2.24, 2.45) is 0 Å². The van der Waals surface area contributed by atoms with Gasteiger partial charge in [0.05, 0.1) is 11.3 Å². The molecule has 106 valence electrons. The molecule has 21 heavy (non-hydrogen) atoms. The number of nitrogen functional groups attached to an aromatic ring is 1. The first kappa shape index (κ1) is 12.2. The Balaban J connectivity index is 1.83. The van der Waals surface area contributed by atoms with Crippen molar-refractivity contribution < 1.29 is 4.79 Å². The van der Waals surface area contributed by atoms with Gasteiger partial charge in [-0.1, -0.05) is 18.2 Å². The van der Waals surface area contributed by atoms with Crippen LogP contribution in [0.25, 0.3) is 10.9 Å². The Kier molecular flexibility index (Phi) is 2.60. The molecule has 0 amide bonds. The summed E-state index contributed by atoms with van der Waals surface area (Å²) in [4.78, 5) is 15.9. The molecule has 1 aliphatic carbocycles. The third-order valence-corrected chi connectivity index (χ3v) is 4.21. The minimum atomic E-state index is -0.167. The maximum Gasteiger partial charge on any atom is 0.282 e. The number of carbonyl (C=O) groups is 1. The number of para-hydroxylation sites is 1. The summed E-state index contributed by atoms with van der Waals surface area (Å²) in [5.74, 6) is 0.333. The maximum absolute atomic E-state index is 12.8. The maximum atomic E-state index is 12.8. The van der Waals surface area contributed by atoms with Crippen molar-refractivity contribution in [3.63, 3.8) is 0 Å². The van der Waals surface area contributed by atoms with Crippen LogP contribution in [0.2, 0.25) is 0 Å². The summed E-state index contributed by atoms with van der Waals surface area (Å²) in [7, 11) is 0. The molecule has 1 aliphatic rings. The zero-order valence-electron chi connectivity index (χ0n) is 11.6. The molecule has 0 aliphatic heterocycles. The molecule has 0 bridgehead atoms. The largest absolute Gasteiger partial charge is 0.383 e. The fourth-order valence-electron chi connectivity index (χ4n) is 3.10. The summed E-state index contributed by atoms with van der Waals surface area (Å²) in [5.41, 5.74) is 9.72. The number of nitrogens with zero attached hydrogens (tertiary/aromatic N) is 2. The summed E-state index contributed by atoms with van der Waals surface area (Å²) in [6.07, 6.45) is 5.79. The lowest BCUT2D eigenvalue weighted by molar-refractivity contribution is 0.0949. The SMILES string of the molecule is Nc1c2c(nn1C(=O)c1c[nH]c3ccccc13)CCCC2. The van der Waals surface area contributed by atoms with Crippen LogP contribution in [0.4, 0.5) is 5.82 Å². The number of aryl methyl sites for hydroxylation is 1. The average Bonchev–Trinajstić information content (AvgIpc) is 3.09. The number of hydrogen-bond donors (Lipinski definition) is 2. The van der Waals surface area contributed by atoms with Crippen molar-refractivity contribution in [1.82, 2.24) is 14.8 Å². The van der Waals surface area contributed by atoms with E-state index >= 15 is 0 Å². The van der Waals surface area contributed by atoms with Crippen molar-refractivity contribution in [1.29, 1.82) is 0 Å². The van der Waals surface area contributed by atoms with E-state index in [0.717, 1.165) is 47.8 Å². The van der Waals surface area contributed by atoms with Gasteiger partial charge in [-0.2, -0.15) is 9.78 Å². The van der Waals surface area contributed by atoms with Crippen molar-refractivity contribution in [2.75, 3.05) is 5.73 Å². The quantitative estimate of drug-likeness (QED) is 0.719. The lowest BCUT2D eigenvalue weighted by atomic mass is 9.98. The van der Waals surface area contributed by atoms with Crippen molar-refractivity contribution in [2.45, 2.75) is 25.7 Å². The molecule has 2 heterocycles. The standard InChI is InChI=1S/C16H16N4O/c17-15-11-6-2-4-8-14(11)19-20(15)16(21)12-9-18-13-7-3-1-5-10(12)13/h1,3,5,7,9,18H,2,4,6,8,17H2. The van der Waals surface area contributed by atoms with Crippen molar-refractivity contribution >= 4 is 22.6 Å². The highest BCUT2D eigenvalue weighted by Gasteiger charge is 2.23. The van der Waals surface area contributed by atoms with E-state index in [2.05, 4.69) is 10.1 Å². The fourth-order valence-corrected chi connectivity index (χ4v) is 3.10. The second-order valence-corrected chi connectivity index (χ2v) is 5.48. The predicted molar refractivity (Wildman–Crippen MR) is 81.3 cm³/mol. The van der Waals surface area contributed by atoms with E-state index < -0.39 is 0 Å². The van der Waals surface area contributed by atoms with E-state index in [0.29, 0.717) is 11.4 Å². The normalized spacial score (nSPS) is 14.3. The first-order chi connectivity index (χ1) is 10.3. The summed E-state index contributed by atoms with van der Waals surface area (Å²) in [6, 6.07) is 7.74. The second-order valence-electron chi connectivity index (χ2n) is 5.48. The smallest absolute Gasteiger partial charge is 0.282 e. The van der Waals surface area contributed by atoms with Crippen molar-refractivity contribution in [3.05, 3.63) is 47.3 Å². The highest BCUT2D eigenvalue weighted by Crippen LogP contribution is 2.27. The average molecular weight is 280 g/mol. The molecule has 0 unspecified atom stereocenters. The fraction of sp³-hybridized carbons (Fsp3) is 0.250. The number of carbonyl (C=O) groups excluding carboxylic acids is 1. The van der Waals surface area contributed by atoms with Crippen molar-refractivity contribution in [3.8, 4) is 0 Å². The molecule has 5 nitrogen and oxygen atoms in total. The number of aromatic nitrogens is 3. The van der Waals surface area contributed by atoms with Gasteiger partial charge in [-0.15, -0.1) is 0 Å². The van der Waals surface area contributed by atoms with Gasteiger partial charge in [0, 0.05) is 22.7 Å². The second kappa shape index (κ2) is 4.48. The Morgan fingerprint density at radius 2 is 2.05 bits per heavy atom. The van der Waals surface area contributed by atoms with E-state index in [1.165, 1.54) is 4.68 Å². The molecular weight excluding hydrogens is 264 g/mol. The summed E-state index contributed by atoms with van der Waals surface area (Å²) in [5, 5.41) is 5.34. The van der Waals surface area contributed by atoms with Gasteiger partial charge in [0.25, 0.3) is 5.91 Å². The number of nitrogens with one attached hydrogen (secondary N) is 1. The van der Waals surface area contributed by atoms with Crippen LogP contribution in [0.1, 0.15) is 34.5 Å². The Morgan fingerprint density at radius 3 is 2.90 bits per heavy atom. The molecule has 0 fully saturated rings. The first-order valence-electron chi connectivity index (χ1n) is 7.23. The Hall–Kier alpha value is -2.56. The van der Waals surface area contributed by atoms with E-state index in [1.54, 1.807) is 6.20 Å². The molecular formula is C16H16N4O. The van der Waals surface area contributed by atoms with Crippen LogP contribution in [-0.4, -0.2) is 20.7 Å². The first-order valence-corrected chi connectivity index (χ1v) is 7.23. The number of nitrogens with two attached hydrogens (primary N) is 1. The van der Waals surface area contributed by atoms with Crippen LogP contribution in [0.3, 0.4) is 0 Å². The number of fused-ring (bicyclic) bond motifs is 2. The van der Waals surface area contributed by atoms with Crippen LogP contribution in [0.15, 0.2) is 30.5 Å². The molecule has 4 rings (SSSR count). The monoisotopic (exact) mass is 280 g/mol. The van der Waals surface area contributed by atoms with Crippen LogP contribution in [-0.2, 0) is 12.8 Å². The van der Waals surface area contributed by atoms with Crippen LogP contribution in [0.5, 0.6) is 0 Å². The molecule has 3 N–H and O–H groups in total. The van der Waals surface area contributed by atoms with Crippen LogP contribution < -0.4 is 5.73 Å². The molecule has 2 aromatic heterocycles. The zero-order chi connectivity index (χ0) is 14.4. The Bertz CT molecular complexity index is 843. The summed E-state index contributed by atoms with van der Waals surface area (Å²) < 4.78 is 1.37. The van der Waals surface area contributed by atoms with Gasteiger partial charge in [0.2, 0.25) is 0 Å². The number of anilines is 1. The predicted octanol–water partition coefficient (Wildman–Crippen LogP) is 2.51. The van der Waals surface area contributed by atoms with Crippen LogP contribution >= 0.6 is 0 Å². The highest BCUT2D eigenvalue weighted by atomic mass is 16.2. The van der Waals surface area contributed by atoms with E-state index in [1.807, 2.05) is 24.3 Å². The van der Waals surface area contributed by atoms with Gasteiger partial charge in [0.1, 0.15) is 5.82 Å². The molecule has 0 saturated heterocycles. The van der Waals surface area contributed by atoms with Gasteiger partial charge in [-0.25, -0.2) is 0 Å². The van der Waals surface area contributed by atoms with E-state index in [9.17, 15) is 4.79 Å². The Morgan fingerprint density at radius 1 is 1.24 bits per heavy atom. The molecule has 0 saturated carbocycles. The minimum absolute atomic E-state index is 0.167. The third kappa shape index (κ3) is 1.77. The van der Waals surface area contributed by atoms with Gasteiger partial charge in [-0.05, 0) is 31.7 Å². The summed E-state index contributed by atoms with van der Waals surface area (Å²) >= 11 is 0. The number of aromatic amines is 1. The molecule has 5 heteroatoms. The molecule has 0 atom stereocenters. The Labute approximate surface area is 121 Å². The van der Waals surface area contributed by atoms with Gasteiger partial charge in [0.15, 0.2) is 0 Å². The van der Waals surface area contributed by atoms with Crippen LogP contribution in [0, 0.1) is 0 Å². The molecule has 0 radical (unpaired) electrons. The number of rotatable bonds is 1. The highest BCUT2D eigenvalue weighted by molar-refractivity contribution is 6.08. The number of benzene rings is 1. The molecule has 0 spiro atoms. The number of hydrogen-bond acceptors (Lipinski definition) is 3. The lowest BCUT2D eigenvalue weighted by Crippen LogP contribution is -2.16. The van der Waals surface area contributed by atoms with Gasteiger partial charge >= 0.3 is 0 Å². The lowest BCUT2D eigenvalue weighted by Gasteiger charge is -2.08. The van der Waals surface area contributed by atoms with Gasteiger partial charge < -0.3 is 10.7 Å². The number of H-pyrrole nitrogens is 1. The van der Waals surface area contributed by atoms with E-state index in [4.69, 9.17) is 5.73 Å². The topological polar surface area (TPSA) is 76.7 Å². The minimum Gasteiger partial charge on any atom is -0.383 e. The zero-order valence-corrected chi connectivity index (χ0v) is 11.6. The van der Waals surface area contributed by atoms with Gasteiger partial charge in [-0.3, -0.25) is 4.79 Å².